The Morgan fingerprint density at radius 1 is 0.966 bits per heavy atom. The number of nitrogens with one attached hydrogen (secondary N) is 1. The lowest BCUT2D eigenvalue weighted by Crippen LogP contribution is -2.31. The molecular weight excluding hydrogens is 358 g/mol. The molecule has 0 spiro atoms. The van der Waals surface area contributed by atoms with Gasteiger partial charge in [-0.25, -0.2) is 4.79 Å². The van der Waals surface area contributed by atoms with Gasteiger partial charge in [0.05, 0.1) is 17.3 Å². The Labute approximate surface area is 171 Å². The average molecular weight is 383 g/mol. The third-order valence-electron chi connectivity index (χ3n) is 6.63. The third-order valence-corrected chi connectivity index (χ3v) is 6.63. The van der Waals surface area contributed by atoms with Gasteiger partial charge >= 0.3 is 5.97 Å². The normalized spacial score (nSPS) is 21.8. The SMILES string of the molecule is CC(C)c1ccc([C@@H]2Nc3c(C(=O)O)cccc3[C@@H]3c4ccccc4C[C@@H]32)cc1. The van der Waals surface area contributed by atoms with Gasteiger partial charge in [0.1, 0.15) is 0 Å². The second-order valence-corrected chi connectivity index (χ2v) is 8.56. The predicted molar refractivity (Wildman–Crippen MR) is 116 cm³/mol. The van der Waals surface area contributed by atoms with Gasteiger partial charge in [-0.1, -0.05) is 74.5 Å². The van der Waals surface area contributed by atoms with Gasteiger partial charge in [-0.2, -0.15) is 0 Å². The van der Waals surface area contributed by atoms with Gasteiger partial charge in [-0.15, -0.1) is 0 Å². The number of hydrogen-bond donors (Lipinski definition) is 2. The molecule has 0 bridgehead atoms. The molecule has 3 heteroatoms. The van der Waals surface area contributed by atoms with Crippen LogP contribution in [0.5, 0.6) is 0 Å². The lowest BCUT2D eigenvalue weighted by Gasteiger charge is -2.38. The lowest BCUT2D eigenvalue weighted by molar-refractivity contribution is 0.0697. The van der Waals surface area contributed by atoms with Crippen molar-refractivity contribution in [1.82, 2.24) is 0 Å². The first-order valence-electron chi connectivity index (χ1n) is 10.3. The molecule has 1 aliphatic carbocycles. The lowest BCUT2D eigenvalue weighted by atomic mass is 9.75. The van der Waals surface area contributed by atoms with Crippen LogP contribution in [0.1, 0.15) is 69.9 Å². The summed E-state index contributed by atoms with van der Waals surface area (Å²) in [7, 11) is 0. The van der Waals surface area contributed by atoms with E-state index in [1.54, 1.807) is 6.07 Å². The molecule has 3 aromatic carbocycles. The Hall–Kier alpha value is -3.07. The van der Waals surface area contributed by atoms with Crippen molar-refractivity contribution in [3.63, 3.8) is 0 Å². The van der Waals surface area contributed by atoms with Crippen molar-refractivity contribution in [2.75, 3.05) is 5.32 Å². The highest BCUT2D eigenvalue weighted by Crippen LogP contribution is 2.54. The van der Waals surface area contributed by atoms with Crippen LogP contribution >= 0.6 is 0 Å². The molecule has 1 heterocycles. The molecule has 0 saturated carbocycles. The molecule has 2 N–H and O–H groups in total. The van der Waals surface area contributed by atoms with Crippen molar-refractivity contribution >= 4 is 11.7 Å². The van der Waals surface area contributed by atoms with E-state index in [1.165, 1.54) is 22.3 Å². The highest BCUT2D eigenvalue weighted by molar-refractivity contribution is 5.96. The van der Waals surface area contributed by atoms with E-state index in [9.17, 15) is 9.90 Å². The number of carboxylic acids is 1. The van der Waals surface area contributed by atoms with Gasteiger partial charge in [0.2, 0.25) is 0 Å². The Kier molecular flexibility index (Phi) is 4.20. The van der Waals surface area contributed by atoms with Crippen molar-refractivity contribution < 1.29 is 9.90 Å². The van der Waals surface area contributed by atoms with E-state index in [2.05, 4.69) is 73.8 Å². The molecule has 1 aliphatic heterocycles. The molecule has 0 saturated heterocycles. The van der Waals surface area contributed by atoms with E-state index in [-0.39, 0.29) is 12.0 Å². The third kappa shape index (κ3) is 2.84. The molecule has 0 amide bonds. The fraction of sp³-hybridized carbons (Fsp3) is 0.269. The molecule has 5 rings (SSSR count). The number of carboxylic acid groups (broad SMARTS) is 1. The molecule has 29 heavy (non-hydrogen) atoms. The standard InChI is InChI=1S/C26H25NO2/c1-15(2)16-10-12-17(13-11-16)24-22-14-18-6-3-4-7-19(18)23(22)20-8-5-9-21(26(28)29)25(20)27-24/h3-13,15,22-24,27H,14H2,1-2H3,(H,28,29)/t22-,23-,24-/m0/s1. The van der Waals surface area contributed by atoms with Crippen LogP contribution in [-0.4, -0.2) is 11.1 Å². The zero-order chi connectivity index (χ0) is 20.1. The molecule has 0 radical (unpaired) electrons. The number of aromatic carboxylic acids is 1. The molecule has 3 nitrogen and oxygen atoms in total. The summed E-state index contributed by atoms with van der Waals surface area (Å²) in [6.45, 7) is 4.40. The van der Waals surface area contributed by atoms with Gasteiger partial charge in [0.25, 0.3) is 0 Å². The van der Waals surface area contributed by atoms with Gasteiger partial charge in [0, 0.05) is 5.92 Å². The molecular formula is C26H25NO2. The maximum absolute atomic E-state index is 11.9. The molecule has 0 fully saturated rings. The van der Waals surface area contributed by atoms with Crippen LogP contribution in [0, 0.1) is 5.92 Å². The number of anilines is 1. The van der Waals surface area contributed by atoms with Gasteiger partial charge in [0.15, 0.2) is 0 Å². The number of para-hydroxylation sites is 1. The summed E-state index contributed by atoms with van der Waals surface area (Å²) in [5.74, 6) is 0.199. The summed E-state index contributed by atoms with van der Waals surface area (Å²) in [4.78, 5) is 11.9. The van der Waals surface area contributed by atoms with Crippen LogP contribution in [0.4, 0.5) is 5.69 Å². The predicted octanol–water partition coefficient (Wildman–Crippen LogP) is 5.98. The quantitative estimate of drug-likeness (QED) is 0.585. The molecule has 0 unspecified atom stereocenters. The number of fused-ring (bicyclic) bond motifs is 5. The van der Waals surface area contributed by atoms with Crippen molar-refractivity contribution in [3.05, 3.63) is 100 Å². The Morgan fingerprint density at radius 3 is 2.41 bits per heavy atom. The topological polar surface area (TPSA) is 49.3 Å². The zero-order valence-electron chi connectivity index (χ0n) is 16.7. The van der Waals surface area contributed by atoms with Crippen molar-refractivity contribution in [1.29, 1.82) is 0 Å². The Bertz CT molecular complexity index is 1080. The van der Waals surface area contributed by atoms with Gasteiger partial charge in [-0.05, 0) is 52.1 Å². The van der Waals surface area contributed by atoms with E-state index in [4.69, 9.17) is 0 Å². The highest BCUT2D eigenvalue weighted by Gasteiger charge is 2.44. The van der Waals surface area contributed by atoms with Gasteiger partial charge in [-0.3, -0.25) is 0 Å². The van der Waals surface area contributed by atoms with E-state index < -0.39 is 5.97 Å². The minimum atomic E-state index is -0.881. The Morgan fingerprint density at radius 2 is 1.69 bits per heavy atom. The van der Waals surface area contributed by atoms with Crippen LogP contribution in [0.3, 0.4) is 0 Å². The number of benzene rings is 3. The van der Waals surface area contributed by atoms with Crippen LogP contribution < -0.4 is 5.32 Å². The first-order chi connectivity index (χ1) is 14.0. The number of rotatable bonds is 3. The number of carbonyl (C=O) groups is 1. The first-order valence-corrected chi connectivity index (χ1v) is 10.3. The fourth-order valence-corrected chi connectivity index (χ4v) is 5.18. The monoisotopic (exact) mass is 383 g/mol. The van der Waals surface area contributed by atoms with Crippen molar-refractivity contribution in [3.8, 4) is 0 Å². The van der Waals surface area contributed by atoms with E-state index >= 15 is 0 Å². The van der Waals surface area contributed by atoms with Crippen molar-refractivity contribution in [2.45, 2.75) is 38.1 Å². The van der Waals surface area contributed by atoms with Crippen LogP contribution in [0.2, 0.25) is 0 Å². The van der Waals surface area contributed by atoms with Crippen LogP contribution in [0.25, 0.3) is 0 Å². The molecule has 2 aliphatic rings. The minimum Gasteiger partial charge on any atom is -0.478 e. The second kappa shape index (κ2) is 6.77. The Balaban J connectivity index is 1.66. The average Bonchev–Trinajstić information content (AvgIpc) is 3.12. The molecule has 0 aromatic heterocycles. The summed E-state index contributed by atoms with van der Waals surface area (Å²) in [5, 5.41) is 13.4. The maximum Gasteiger partial charge on any atom is 0.337 e. The largest absolute Gasteiger partial charge is 0.478 e. The molecule has 3 atom stereocenters. The minimum absolute atomic E-state index is 0.0848. The van der Waals surface area contributed by atoms with E-state index in [0.717, 1.165) is 17.7 Å². The summed E-state index contributed by atoms with van der Waals surface area (Å²) in [6, 6.07) is 23.2. The van der Waals surface area contributed by atoms with Crippen molar-refractivity contribution in [2.24, 2.45) is 5.92 Å². The first kappa shape index (κ1) is 18.0. The van der Waals surface area contributed by atoms with Gasteiger partial charge < -0.3 is 10.4 Å². The van der Waals surface area contributed by atoms with Crippen LogP contribution in [-0.2, 0) is 6.42 Å². The maximum atomic E-state index is 11.9. The molecule has 3 aromatic rings. The van der Waals surface area contributed by atoms with E-state index in [1.807, 2.05) is 6.07 Å². The zero-order valence-corrected chi connectivity index (χ0v) is 16.7. The summed E-state index contributed by atoms with van der Waals surface area (Å²) in [5.41, 5.74) is 7.50. The number of hydrogen-bond acceptors (Lipinski definition) is 2. The summed E-state index contributed by atoms with van der Waals surface area (Å²) in [6.07, 6.45) is 1.00. The fourth-order valence-electron chi connectivity index (χ4n) is 5.18. The smallest absolute Gasteiger partial charge is 0.337 e. The molecule has 146 valence electrons. The second-order valence-electron chi connectivity index (χ2n) is 8.56. The summed E-state index contributed by atoms with van der Waals surface area (Å²) >= 11 is 0. The highest BCUT2D eigenvalue weighted by atomic mass is 16.4. The summed E-state index contributed by atoms with van der Waals surface area (Å²) < 4.78 is 0. The van der Waals surface area contributed by atoms with Crippen LogP contribution in [0.15, 0.2) is 66.7 Å². The van der Waals surface area contributed by atoms with E-state index in [0.29, 0.717) is 17.4 Å².